The highest BCUT2D eigenvalue weighted by Gasteiger charge is 2.24. The van der Waals surface area contributed by atoms with Crippen molar-refractivity contribution in [3.05, 3.63) is 34.6 Å². The van der Waals surface area contributed by atoms with E-state index in [9.17, 15) is 0 Å². The average Bonchev–Trinajstić information content (AvgIpc) is 2.96. The first-order valence-corrected chi connectivity index (χ1v) is 7.62. The fourth-order valence-electron chi connectivity index (χ4n) is 2.07. The number of aromatic nitrogens is 3. The number of ether oxygens (including phenoxy) is 1. The van der Waals surface area contributed by atoms with Crippen LogP contribution >= 0.6 is 11.5 Å². The number of rotatable bonds is 7. The lowest BCUT2D eigenvalue weighted by atomic mass is 10.1. The van der Waals surface area contributed by atoms with Crippen molar-refractivity contribution in [1.29, 1.82) is 0 Å². The molecule has 0 aliphatic rings. The van der Waals surface area contributed by atoms with Crippen LogP contribution in [0, 0.1) is 0 Å². The van der Waals surface area contributed by atoms with Gasteiger partial charge in [-0.15, -0.1) is 5.10 Å². The van der Waals surface area contributed by atoms with Gasteiger partial charge in [0, 0.05) is 6.20 Å². The van der Waals surface area contributed by atoms with Crippen molar-refractivity contribution in [1.82, 2.24) is 19.9 Å². The van der Waals surface area contributed by atoms with Crippen LogP contribution in [0.4, 0.5) is 0 Å². The second-order valence-corrected chi connectivity index (χ2v) is 5.20. The molecule has 0 bridgehead atoms. The maximum atomic E-state index is 5.44. The summed E-state index contributed by atoms with van der Waals surface area (Å²) in [6.07, 6.45) is 3.71. The van der Waals surface area contributed by atoms with E-state index in [1.807, 2.05) is 12.1 Å². The zero-order valence-corrected chi connectivity index (χ0v) is 12.9. The fourth-order valence-corrected chi connectivity index (χ4v) is 2.89. The Bertz CT molecular complexity index is 543. The van der Waals surface area contributed by atoms with Crippen LogP contribution < -0.4 is 10.1 Å². The number of hydrogen-bond donors (Lipinski definition) is 1. The summed E-state index contributed by atoms with van der Waals surface area (Å²) in [4.78, 5) is 5.62. The van der Waals surface area contributed by atoms with Gasteiger partial charge in [-0.25, -0.2) is 0 Å². The molecule has 0 spiro atoms. The first-order chi connectivity index (χ1) is 9.81. The lowest BCUT2D eigenvalue weighted by Crippen LogP contribution is -2.24. The van der Waals surface area contributed by atoms with Crippen LogP contribution in [0.15, 0.2) is 18.3 Å². The lowest BCUT2D eigenvalue weighted by molar-refractivity contribution is 0.400. The predicted molar refractivity (Wildman–Crippen MR) is 80.2 cm³/mol. The van der Waals surface area contributed by atoms with Gasteiger partial charge in [0.15, 0.2) is 0 Å². The first kappa shape index (κ1) is 14.9. The van der Waals surface area contributed by atoms with Gasteiger partial charge in [-0.3, -0.25) is 4.98 Å². The minimum Gasteiger partial charge on any atom is -0.495 e. The van der Waals surface area contributed by atoms with Crippen LogP contribution in [-0.4, -0.2) is 28.2 Å². The molecule has 2 aromatic rings. The number of nitrogens with one attached hydrogen (secondary N) is 1. The third-order valence-electron chi connectivity index (χ3n) is 3.07. The number of aryl methyl sites for hydroxylation is 1. The fraction of sp³-hybridized carbons (Fsp3) is 0.500. The van der Waals surface area contributed by atoms with Crippen molar-refractivity contribution < 1.29 is 4.74 Å². The Balaban J connectivity index is 2.41. The Labute approximate surface area is 123 Å². The summed E-state index contributed by atoms with van der Waals surface area (Å²) in [6.45, 7) is 5.14. The Hall–Kier alpha value is -1.53. The molecular formula is C14H20N4OS. The highest BCUT2D eigenvalue weighted by molar-refractivity contribution is 7.05. The van der Waals surface area contributed by atoms with E-state index in [-0.39, 0.29) is 6.04 Å². The van der Waals surface area contributed by atoms with E-state index in [1.54, 1.807) is 13.3 Å². The second kappa shape index (κ2) is 7.31. The van der Waals surface area contributed by atoms with Crippen molar-refractivity contribution >= 4 is 11.5 Å². The summed E-state index contributed by atoms with van der Waals surface area (Å²) in [7, 11) is 1.67. The van der Waals surface area contributed by atoms with Gasteiger partial charge in [-0.2, -0.15) is 0 Å². The maximum Gasteiger partial charge on any atom is 0.142 e. The molecule has 5 nitrogen and oxygen atoms in total. The molecule has 0 saturated heterocycles. The molecule has 1 atom stereocenters. The van der Waals surface area contributed by atoms with E-state index in [0.29, 0.717) is 0 Å². The zero-order chi connectivity index (χ0) is 14.4. The standard InChI is InChI=1S/C14H20N4OS/c1-4-8-15-13(14-10(5-2)17-18-20-14)12-11(19-3)7-6-9-16-12/h6-7,9,13,15H,4-5,8H2,1-3H3. The molecular weight excluding hydrogens is 272 g/mol. The van der Waals surface area contributed by atoms with Crippen molar-refractivity contribution in [3.63, 3.8) is 0 Å². The maximum absolute atomic E-state index is 5.44. The summed E-state index contributed by atoms with van der Waals surface area (Å²) in [5.41, 5.74) is 1.92. The molecule has 0 aliphatic heterocycles. The minimum atomic E-state index is -0.0129. The molecule has 0 radical (unpaired) electrons. The second-order valence-electron chi connectivity index (χ2n) is 4.42. The summed E-state index contributed by atoms with van der Waals surface area (Å²) in [5.74, 6) is 0.788. The number of pyridine rings is 1. The van der Waals surface area contributed by atoms with E-state index in [4.69, 9.17) is 4.74 Å². The Kier molecular flexibility index (Phi) is 5.43. The van der Waals surface area contributed by atoms with E-state index >= 15 is 0 Å². The summed E-state index contributed by atoms with van der Waals surface area (Å²) in [6, 6.07) is 3.80. The smallest absolute Gasteiger partial charge is 0.142 e. The lowest BCUT2D eigenvalue weighted by Gasteiger charge is -2.19. The van der Waals surface area contributed by atoms with Crippen molar-refractivity contribution in [2.45, 2.75) is 32.7 Å². The van der Waals surface area contributed by atoms with Gasteiger partial charge in [-0.1, -0.05) is 18.3 Å². The van der Waals surface area contributed by atoms with Crippen LogP contribution in [0.3, 0.4) is 0 Å². The molecule has 108 valence electrons. The molecule has 0 aliphatic carbocycles. The van der Waals surface area contributed by atoms with Gasteiger partial charge in [0.1, 0.15) is 11.4 Å². The average molecular weight is 292 g/mol. The summed E-state index contributed by atoms with van der Waals surface area (Å²) in [5, 5.41) is 7.73. The first-order valence-electron chi connectivity index (χ1n) is 6.85. The van der Waals surface area contributed by atoms with Gasteiger partial charge in [-0.05, 0) is 43.1 Å². The van der Waals surface area contributed by atoms with Crippen LogP contribution in [-0.2, 0) is 6.42 Å². The highest BCUT2D eigenvalue weighted by atomic mass is 32.1. The molecule has 0 fully saturated rings. The van der Waals surface area contributed by atoms with Crippen LogP contribution in [0.25, 0.3) is 0 Å². The predicted octanol–water partition coefficient (Wildman–Crippen LogP) is 2.59. The van der Waals surface area contributed by atoms with Gasteiger partial charge in [0.05, 0.1) is 23.7 Å². The molecule has 6 heteroatoms. The molecule has 1 N–H and O–H groups in total. The quantitative estimate of drug-likeness (QED) is 0.850. The zero-order valence-electron chi connectivity index (χ0n) is 12.1. The molecule has 20 heavy (non-hydrogen) atoms. The molecule has 1 unspecified atom stereocenters. The van der Waals surface area contributed by atoms with Gasteiger partial charge in [0.25, 0.3) is 0 Å². The molecule has 2 aromatic heterocycles. The minimum absolute atomic E-state index is 0.0129. The van der Waals surface area contributed by atoms with E-state index in [1.165, 1.54) is 11.5 Å². The summed E-state index contributed by atoms with van der Waals surface area (Å²) >= 11 is 1.43. The molecule has 2 rings (SSSR count). The SMILES string of the molecule is CCCNC(c1ncccc1OC)c1snnc1CC. The highest BCUT2D eigenvalue weighted by Crippen LogP contribution is 2.31. The van der Waals surface area contributed by atoms with Crippen LogP contribution in [0.1, 0.15) is 42.6 Å². The van der Waals surface area contributed by atoms with Crippen molar-refractivity contribution in [2.75, 3.05) is 13.7 Å². The molecule has 0 aromatic carbocycles. The third-order valence-corrected chi connectivity index (χ3v) is 3.91. The van der Waals surface area contributed by atoms with Gasteiger partial charge in [0.2, 0.25) is 0 Å². The topological polar surface area (TPSA) is 59.9 Å². The Morgan fingerprint density at radius 2 is 2.25 bits per heavy atom. The normalized spacial score (nSPS) is 12.3. The van der Waals surface area contributed by atoms with Crippen LogP contribution in [0.5, 0.6) is 5.75 Å². The van der Waals surface area contributed by atoms with Gasteiger partial charge >= 0.3 is 0 Å². The number of nitrogens with zero attached hydrogens (tertiary/aromatic N) is 3. The number of hydrogen-bond acceptors (Lipinski definition) is 6. The Morgan fingerprint density at radius 3 is 2.95 bits per heavy atom. The van der Waals surface area contributed by atoms with Crippen molar-refractivity contribution in [2.24, 2.45) is 0 Å². The van der Waals surface area contributed by atoms with Gasteiger partial charge < -0.3 is 10.1 Å². The van der Waals surface area contributed by atoms with E-state index in [0.717, 1.165) is 41.4 Å². The largest absolute Gasteiger partial charge is 0.495 e. The molecule has 0 saturated carbocycles. The molecule has 2 heterocycles. The Morgan fingerprint density at radius 1 is 1.40 bits per heavy atom. The van der Waals surface area contributed by atoms with E-state index in [2.05, 4.69) is 33.7 Å². The van der Waals surface area contributed by atoms with Crippen LogP contribution in [0.2, 0.25) is 0 Å². The summed E-state index contributed by atoms with van der Waals surface area (Å²) < 4.78 is 9.53. The number of methoxy groups -OCH3 is 1. The monoisotopic (exact) mass is 292 g/mol. The third kappa shape index (κ3) is 3.13. The molecule has 0 amide bonds. The van der Waals surface area contributed by atoms with Crippen molar-refractivity contribution in [3.8, 4) is 5.75 Å². The van der Waals surface area contributed by atoms with E-state index < -0.39 is 0 Å².